The molecule has 4 rings (SSSR count). The average molecular weight is 346 g/mol. The van der Waals surface area contributed by atoms with E-state index in [0.717, 1.165) is 11.0 Å². The number of fused-ring (bicyclic) bond motifs is 1. The largest absolute Gasteiger partial charge is 0.394 e. The van der Waals surface area contributed by atoms with Gasteiger partial charge in [-0.15, -0.1) is 10.2 Å². The summed E-state index contributed by atoms with van der Waals surface area (Å²) in [6.45, 7) is 1.37. The van der Waals surface area contributed by atoms with Gasteiger partial charge in [0.25, 0.3) is 0 Å². The molecule has 0 unspecified atom stereocenters. The van der Waals surface area contributed by atoms with Gasteiger partial charge in [-0.1, -0.05) is 22.6 Å². The van der Waals surface area contributed by atoms with Crippen LogP contribution in [0.3, 0.4) is 0 Å². The number of para-hydroxylation sites is 1. The minimum atomic E-state index is -1.22. The van der Waals surface area contributed by atoms with E-state index >= 15 is 0 Å². The summed E-state index contributed by atoms with van der Waals surface area (Å²) in [5.41, 5.74) is 1.51. The highest BCUT2D eigenvalue weighted by Crippen LogP contribution is 2.29. The molecule has 3 N–H and O–H groups in total. The molecule has 3 heterocycles. The Morgan fingerprint density at radius 3 is 2.72 bits per heavy atom. The highest BCUT2D eigenvalue weighted by molar-refractivity contribution is 5.75. The molecule has 1 aliphatic heterocycles. The van der Waals surface area contributed by atoms with Gasteiger partial charge >= 0.3 is 0 Å². The van der Waals surface area contributed by atoms with Crippen molar-refractivity contribution in [1.82, 2.24) is 30.0 Å². The summed E-state index contributed by atoms with van der Waals surface area (Å²) in [5.74, 6) is 0.437. The van der Waals surface area contributed by atoms with Crippen molar-refractivity contribution in [3.63, 3.8) is 0 Å². The summed E-state index contributed by atoms with van der Waals surface area (Å²) in [7, 11) is 0. The number of rotatable bonds is 3. The third-order valence-electron chi connectivity index (χ3n) is 4.50. The van der Waals surface area contributed by atoms with E-state index < -0.39 is 30.5 Å². The number of nitrogens with zero attached hydrogens (tertiary/aromatic N) is 6. The number of hydrogen-bond donors (Lipinski definition) is 3. The zero-order chi connectivity index (χ0) is 17.6. The van der Waals surface area contributed by atoms with Crippen LogP contribution in [0.2, 0.25) is 0 Å². The highest BCUT2D eigenvalue weighted by atomic mass is 16.5. The van der Waals surface area contributed by atoms with Crippen LogP contribution in [0.15, 0.2) is 30.5 Å². The molecular weight excluding hydrogens is 328 g/mol. The van der Waals surface area contributed by atoms with Crippen molar-refractivity contribution in [2.24, 2.45) is 0 Å². The molecule has 0 aliphatic carbocycles. The molecule has 1 aliphatic rings. The van der Waals surface area contributed by atoms with Crippen molar-refractivity contribution in [1.29, 1.82) is 0 Å². The first kappa shape index (κ1) is 16.1. The summed E-state index contributed by atoms with van der Waals surface area (Å²) >= 11 is 0. The van der Waals surface area contributed by atoms with E-state index in [4.69, 9.17) is 4.74 Å². The zero-order valence-corrected chi connectivity index (χ0v) is 13.4. The van der Waals surface area contributed by atoms with Gasteiger partial charge in [0.15, 0.2) is 5.82 Å². The second-order valence-electron chi connectivity index (χ2n) is 6.08. The molecule has 10 nitrogen and oxygen atoms in total. The third kappa shape index (κ3) is 2.59. The van der Waals surface area contributed by atoms with Gasteiger partial charge in [0.1, 0.15) is 29.9 Å². The maximum Gasteiger partial charge on any atom is 0.197 e. The smallest absolute Gasteiger partial charge is 0.197 e. The van der Waals surface area contributed by atoms with E-state index in [1.54, 1.807) is 17.8 Å². The maximum atomic E-state index is 10.4. The van der Waals surface area contributed by atoms with Gasteiger partial charge in [0.2, 0.25) is 0 Å². The Labute approximate surface area is 142 Å². The highest BCUT2D eigenvalue weighted by Gasteiger charge is 2.44. The fraction of sp³-hybridized carbons (Fsp3) is 0.467. The Bertz CT molecular complexity index is 880. The van der Waals surface area contributed by atoms with E-state index in [9.17, 15) is 15.3 Å². The molecule has 1 saturated heterocycles. The van der Waals surface area contributed by atoms with Crippen molar-refractivity contribution in [2.45, 2.75) is 37.4 Å². The lowest BCUT2D eigenvalue weighted by molar-refractivity contribution is -0.200. The second kappa shape index (κ2) is 6.15. The number of hydrogen-bond acceptors (Lipinski definition) is 8. The van der Waals surface area contributed by atoms with Crippen LogP contribution in [0.4, 0.5) is 0 Å². The molecule has 10 heteroatoms. The van der Waals surface area contributed by atoms with Crippen LogP contribution in [0.1, 0.15) is 13.0 Å². The van der Waals surface area contributed by atoms with Gasteiger partial charge in [-0.3, -0.25) is 0 Å². The summed E-state index contributed by atoms with van der Waals surface area (Å²) in [6.07, 6.45) is -2.06. The first-order valence-electron chi connectivity index (χ1n) is 7.95. The summed E-state index contributed by atoms with van der Waals surface area (Å²) in [4.78, 5) is 0. The lowest BCUT2D eigenvalue weighted by atomic mass is 9.94. The Kier molecular flexibility index (Phi) is 3.96. The molecule has 2 aromatic heterocycles. The zero-order valence-electron chi connectivity index (χ0n) is 13.4. The van der Waals surface area contributed by atoms with Gasteiger partial charge in [-0.05, 0) is 19.1 Å². The van der Waals surface area contributed by atoms with Crippen LogP contribution in [0.5, 0.6) is 0 Å². The quantitative estimate of drug-likeness (QED) is 0.553. The first-order chi connectivity index (χ1) is 12.1. The molecule has 0 saturated carbocycles. The number of aliphatic hydroxyl groups excluding tert-OH is 3. The second-order valence-corrected chi connectivity index (χ2v) is 6.08. The normalized spacial score (nSPS) is 30.0. The fourth-order valence-electron chi connectivity index (χ4n) is 3.21. The molecule has 0 bridgehead atoms. The summed E-state index contributed by atoms with van der Waals surface area (Å²) < 4.78 is 8.56. The molecule has 1 fully saturated rings. The Balaban J connectivity index is 1.67. The van der Waals surface area contributed by atoms with Gasteiger partial charge in [0, 0.05) is 0 Å². The number of aromatic nitrogens is 6. The molecule has 5 atom stereocenters. The van der Waals surface area contributed by atoms with E-state index in [1.807, 2.05) is 24.3 Å². The third-order valence-corrected chi connectivity index (χ3v) is 4.50. The SMILES string of the molecule is C[C@@H]1O[C@H](CO)[C@H](O)[C@H](O)[C@H]1n1cc(-n2nnc3ccccc32)nn1. The summed E-state index contributed by atoms with van der Waals surface area (Å²) in [6, 6.07) is 6.81. The Morgan fingerprint density at radius 1 is 1.12 bits per heavy atom. The number of aliphatic hydroxyl groups is 3. The molecule has 0 spiro atoms. The van der Waals surface area contributed by atoms with Crippen LogP contribution in [-0.2, 0) is 4.74 Å². The lowest BCUT2D eigenvalue weighted by Crippen LogP contribution is -2.55. The predicted molar refractivity (Wildman–Crippen MR) is 84.9 cm³/mol. The van der Waals surface area contributed by atoms with Crippen LogP contribution in [0, 0.1) is 0 Å². The number of benzene rings is 1. The molecule has 3 aromatic rings. The van der Waals surface area contributed by atoms with Crippen molar-refractivity contribution in [2.75, 3.05) is 6.61 Å². The minimum absolute atomic E-state index is 0.372. The Hall–Kier alpha value is -2.40. The lowest BCUT2D eigenvalue weighted by Gasteiger charge is -2.40. The standard InChI is InChI=1S/C15H18N6O4/c1-8-13(15(24)14(23)11(7-22)25-8)20-6-12(17-18-20)21-10-5-3-2-4-9(10)16-19-21/h2-6,8,11,13-15,22-24H,7H2,1H3/t8-,11+,13-,14-,15+/m0/s1. The predicted octanol–water partition coefficient (Wildman–Crippen LogP) is -0.946. The van der Waals surface area contributed by atoms with E-state index in [-0.39, 0.29) is 6.61 Å². The van der Waals surface area contributed by atoms with E-state index in [1.165, 1.54) is 4.68 Å². The molecule has 0 amide bonds. The fourth-order valence-corrected chi connectivity index (χ4v) is 3.21. The van der Waals surface area contributed by atoms with Gasteiger partial charge in [-0.2, -0.15) is 4.68 Å². The molecule has 1 aromatic carbocycles. The minimum Gasteiger partial charge on any atom is -0.394 e. The molecule has 25 heavy (non-hydrogen) atoms. The van der Waals surface area contributed by atoms with E-state index in [2.05, 4.69) is 20.6 Å². The van der Waals surface area contributed by atoms with E-state index in [0.29, 0.717) is 5.82 Å². The van der Waals surface area contributed by atoms with Crippen LogP contribution in [-0.4, -0.2) is 76.3 Å². The molecule has 0 radical (unpaired) electrons. The van der Waals surface area contributed by atoms with Gasteiger partial charge in [0.05, 0.1) is 24.4 Å². The topological polar surface area (TPSA) is 131 Å². The maximum absolute atomic E-state index is 10.4. The Morgan fingerprint density at radius 2 is 1.92 bits per heavy atom. The average Bonchev–Trinajstić information content (AvgIpc) is 3.25. The van der Waals surface area contributed by atoms with Crippen LogP contribution in [0.25, 0.3) is 16.9 Å². The van der Waals surface area contributed by atoms with Crippen LogP contribution >= 0.6 is 0 Å². The molecule has 132 valence electrons. The van der Waals surface area contributed by atoms with Gasteiger partial charge < -0.3 is 20.1 Å². The summed E-state index contributed by atoms with van der Waals surface area (Å²) in [5, 5.41) is 46.0. The molecular formula is C15H18N6O4. The first-order valence-corrected chi connectivity index (χ1v) is 7.95. The van der Waals surface area contributed by atoms with Crippen molar-refractivity contribution in [3.8, 4) is 5.82 Å². The number of ether oxygens (including phenoxy) is 1. The van der Waals surface area contributed by atoms with Crippen molar-refractivity contribution < 1.29 is 20.1 Å². The monoisotopic (exact) mass is 346 g/mol. The van der Waals surface area contributed by atoms with Gasteiger partial charge in [-0.25, -0.2) is 4.68 Å². The van der Waals surface area contributed by atoms with Crippen molar-refractivity contribution in [3.05, 3.63) is 30.5 Å². The van der Waals surface area contributed by atoms with Crippen LogP contribution < -0.4 is 0 Å². The van der Waals surface area contributed by atoms with Crippen molar-refractivity contribution >= 4 is 11.0 Å².